The van der Waals surface area contributed by atoms with Crippen molar-refractivity contribution in [2.75, 3.05) is 19.7 Å². The predicted molar refractivity (Wildman–Crippen MR) is 95.5 cm³/mol. The maximum atomic E-state index is 11.0. The Hall–Kier alpha value is -2.18. The summed E-state index contributed by atoms with van der Waals surface area (Å²) in [6.07, 6.45) is 8.23. The number of imidazole rings is 1. The zero-order valence-corrected chi connectivity index (χ0v) is 14.3. The maximum Gasteiger partial charge on any atom is 0.335 e. The first-order valence-corrected chi connectivity index (χ1v) is 8.89. The normalized spacial score (nSPS) is 18.4. The van der Waals surface area contributed by atoms with Gasteiger partial charge in [0.2, 0.25) is 0 Å². The molecule has 2 aromatic rings. The number of nitrogens with zero attached hydrogens (tertiary/aromatic N) is 3. The predicted octanol–water partition coefficient (Wildman–Crippen LogP) is 2.49. The van der Waals surface area contributed by atoms with E-state index in [9.17, 15) is 9.90 Å². The van der Waals surface area contributed by atoms with Crippen molar-refractivity contribution < 1.29 is 15.0 Å². The minimum absolute atomic E-state index is 0.242. The van der Waals surface area contributed by atoms with Crippen molar-refractivity contribution in [1.29, 1.82) is 0 Å². The molecule has 1 aromatic carbocycles. The molecule has 1 aliphatic heterocycles. The number of carbonyl (C=O) groups is 1. The van der Waals surface area contributed by atoms with E-state index in [-0.39, 0.29) is 12.2 Å². The quantitative estimate of drug-likeness (QED) is 0.807. The van der Waals surface area contributed by atoms with Gasteiger partial charge in [-0.25, -0.2) is 9.78 Å². The molecule has 0 unspecified atom stereocenters. The number of aliphatic hydroxyl groups is 1. The molecule has 0 saturated carbocycles. The fourth-order valence-corrected chi connectivity index (χ4v) is 3.52. The van der Waals surface area contributed by atoms with Crippen molar-refractivity contribution in [2.24, 2.45) is 0 Å². The summed E-state index contributed by atoms with van der Waals surface area (Å²) in [6.45, 7) is 3.14. The number of rotatable bonds is 7. The van der Waals surface area contributed by atoms with Gasteiger partial charge >= 0.3 is 5.97 Å². The van der Waals surface area contributed by atoms with Crippen LogP contribution in [0.2, 0.25) is 0 Å². The molecule has 1 fully saturated rings. The first kappa shape index (κ1) is 17.6. The van der Waals surface area contributed by atoms with Gasteiger partial charge in [-0.1, -0.05) is 18.6 Å². The van der Waals surface area contributed by atoms with Crippen LogP contribution in [-0.4, -0.2) is 56.4 Å². The molecule has 0 spiro atoms. The summed E-state index contributed by atoms with van der Waals surface area (Å²) in [7, 11) is 0. The number of aromatic carboxylic acids is 1. The molecule has 3 rings (SSSR count). The van der Waals surface area contributed by atoms with Crippen molar-refractivity contribution in [3.63, 3.8) is 0 Å². The zero-order valence-electron chi connectivity index (χ0n) is 14.3. The molecule has 0 radical (unpaired) electrons. The van der Waals surface area contributed by atoms with Crippen molar-refractivity contribution >= 4 is 5.97 Å². The molecular formula is C19H25N3O3. The van der Waals surface area contributed by atoms with Crippen LogP contribution < -0.4 is 0 Å². The standard InChI is InChI=1S/C19H25N3O3/c23-14-17-4-1-2-10-21(17)11-3-12-22-13-9-20-18(22)15-5-7-16(8-6-15)19(24)25/h5-9,13,17,23H,1-4,10-12,14H2,(H,24,25)/t17-/m0/s1. The number of carboxylic acids is 1. The summed E-state index contributed by atoms with van der Waals surface area (Å²) < 4.78 is 2.10. The maximum absolute atomic E-state index is 11.0. The van der Waals surface area contributed by atoms with Crippen molar-refractivity contribution in [2.45, 2.75) is 38.3 Å². The highest BCUT2D eigenvalue weighted by atomic mass is 16.4. The van der Waals surface area contributed by atoms with E-state index >= 15 is 0 Å². The van der Waals surface area contributed by atoms with E-state index in [4.69, 9.17) is 5.11 Å². The molecule has 25 heavy (non-hydrogen) atoms. The Morgan fingerprint density at radius 1 is 1.20 bits per heavy atom. The Morgan fingerprint density at radius 3 is 2.72 bits per heavy atom. The van der Waals surface area contributed by atoms with Gasteiger partial charge in [-0.2, -0.15) is 0 Å². The average Bonchev–Trinajstić information content (AvgIpc) is 3.10. The van der Waals surface area contributed by atoms with E-state index in [1.165, 1.54) is 12.8 Å². The van der Waals surface area contributed by atoms with E-state index in [2.05, 4.69) is 14.5 Å². The molecule has 134 valence electrons. The Labute approximate surface area is 147 Å². The summed E-state index contributed by atoms with van der Waals surface area (Å²) in [5, 5.41) is 18.5. The van der Waals surface area contributed by atoms with Gasteiger partial charge in [-0.05, 0) is 37.9 Å². The monoisotopic (exact) mass is 343 g/mol. The highest BCUT2D eigenvalue weighted by Crippen LogP contribution is 2.20. The Morgan fingerprint density at radius 2 is 2.00 bits per heavy atom. The number of aryl methyl sites for hydroxylation is 1. The summed E-state index contributed by atoms with van der Waals surface area (Å²) in [5.41, 5.74) is 1.20. The van der Waals surface area contributed by atoms with E-state index < -0.39 is 5.97 Å². The summed E-state index contributed by atoms with van der Waals surface area (Å²) in [6, 6.07) is 7.12. The smallest absolute Gasteiger partial charge is 0.335 e. The fourth-order valence-electron chi connectivity index (χ4n) is 3.52. The molecule has 1 aromatic heterocycles. The summed E-state index contributed by atoms with van der Waals surface area (Å²) >= 11 is 0. The average molecular weight is 343 g/mol. The van der Waals surface area contributed by atoms with Crippen LogP contribution in [0.4, 0.5) is 0 Å². The number of benzene rings is 1. The highest BCUT2D eigenvalue weighted by Gasteiger charge is 2.20. The highest BCUT2D eigenvalue weighted by molar-refractivity contribution is 5.88. The first-order valence-electron chi connectivity index (χ1n) is 8.89. The lowest BCUT2D eigenvalue weighted by molar-refractivity contribution is 0.0697. The van der Waals surface area contributed by atoms with Crippen LogP contribution in [0.3, 0.4) is 0 Å². The molecule has 6 heteroatoms. The Kier molecular flexibility index (Phi) is 5.83. The minimum atomic E-state index is -0.921. The number of carboxylic acid groups (broad SMARTS) is 1. The lowest BCUT2D eigenvalue weighted by Gasteiger charge is -2.34. The lowest BCUT2D eigenvalue weighted by Crippen LogP contribution is -2.42. The number of piperidine rings is 1. The molecule has 2 heterocycles. The van der Waals surface area contributed by atoms with E-state index in [0.29, 0.717) is 6.04 Å². The van der Waals surface area contributed by atoms with Crippen LogP contribution in [0.25, 0.3) is 11.4 Å². The second-order valence-electron chi connectivity index (χ2n) is 6.55. The number of hydrogen-bond donors (Lipinski definition) is 2. The molecular weight excluding hydrogens is 318 g/mol. The number of aliphatic hydroxyl groups excluding tert-OH is 1. The van der Waals surface area contributed by atoms with Gasteiger partial charge in [0.15, 0.2) is 0 Å². The molecule has 0 bridgehead atoms. The van der Waals surface area contributed by atoms with Gasteiger partial charge in [0.1, 0.15) is 5.82 Å². The first-order chi connectivity index (χ1) is 12.2. The number of hydrogen-bond acceptors (Lipinski definition) is 4. The Bertz CT molecular complexity index is 696. The van der Waals surface area contributed by atoms with Gasteiger partial charge in [0, 0.05) is 37.1 Å². The van der Waals surface area contributed by atoms with Gasteiger partial charge in [-0.15, -0.1) is 0 Å². The van der Waals surface area contributed by atoms with Crippen molar-refractivity contribution in [3.8, 4) is 11.4 Å². The van der Waals surface area contributed by atoms with Crippen LogP contribution in [-0.2, 0) is 6.54 Å². The largest absolute Gasteiger partial charge is 0.478 e. The van der Waals surface area contributed by atoms with Crippen molar-refractivity contribution in [3.05, 3.63) is 42.2 Å². The molecule has 2 N–H and O–H groups in total. The third kappa shape index (κ3) is 4.27. The second-order valence-corrected chi connectivity index (χ2v) is 6.55. The topological polar surface area (TPSA) is 78.6 Å². The van der Waals surface area contributed by atoms with Crippen LogP contribution in [0.5, 0.6) is 0 Å². The molecule has 6 nitrogen and oxygen atoms in total. The molecule has 0 amide bonds. The summed E-state index contributed by atoms with van der Waals surface area (Å²) in [5.74, 6) is -0.0656. The van der Waals surface area contributed by atoms with E-state index in [1.54, 1.807) is 30.5 Å². The van der Waals surface area contributed by atoms with Crippen LogP contribution >= 0.6 is 0 Å². The number of aromatic nitrogens is 2. The minimum Gasteiger partial charge on any atom is -0.478 e. The van der Waals surface area contributed by atoms with Crippen molar-refractivity contribution in [1.82, 2.24) is 14.5 Å². The lowest BCUT2D eigenvalue weighted by atomic mass is 10.0. The molecule has 0 aliphatic carbocycles. The van der Waals surface area contributed by atoms with Crippen LogP contribution in [0, 0.1) is 0 Å². The fraction of sp³-hybridized carbons (Fsp3) is 0.474. The Balaban J connectivity index is 1.61. The second kappa shape index (κ2) is 8.27. The third-order valence-electron chi connectivity index (χ3n) is 4.91. The van der Waals surface area contributed by atoms with Gasteiger partial charge in [0.05, 0.1) is 12.2 Å². The summed E-state index contributed by atoms with van der Waals surface area (Å²) in [4.78, 5) is 17.8. The molecule has 1 aliphatic rings. The SMILES string of the molecule is O=C(O)c1ccc(-c2nccn2CCCN2CCCC[C@H]2CO)cc1. The van der Waals surface area contributed by atoms with Crippen LogP contribution in [0.1, 0.15) is 36.0 Å². The number of likely N-dealkylation sites (tertiary alicyclic amines) is 1. The van der Waals surface area contributed by atoms with Gasteiger partial charge in [0.25, 0.3) is 0 Å². The van der Waals surface area contributed by atoms with Gasteiger partial charge in [-0.3, -0.25) is 4.90 Å². The third-order valence-corrected chi connectivity index (χ3v) is 4.91. The zero-order chi connectivity index (χ0) is 17.6. The van der Waals surface area contributed by atoms with Crippen LogP contribution in [0.15, 0.2) is 36.7 Å². The molecule has 1 saturated heterocycles. The molecule has 1 atom stereocenters. The van der Waals surface area contributed by atoms with E-state index in [0.717, 1.165) is 43.9 Å². The van der Waals surface area contributed by atoms with E-state index in [1.807, 2.05) is 6.20 Å². The van der Waals surface area contributed by atoms with Gasteiger partial charge < -0.3 is 14.8 Å².